The zero-order chi connectivity index (χ0) is 22.1. The number of carbonyl (C=O) groups is 1. The number of anilines is 2. The number of nitrogens with two attached hydrogens (primary N) is 1. The van der Waals surface area contributed by atoms with Gasteiger partial charge in [0.25, 0.3) is 10.0 Å². The third-order valence-electron chi connectivity index (χ3n) is 4.21. The van der Waals surface area contributed by atoms with E-state index in [4.69, 9.17) is 10.2 Å². The summed E-state index contributed by atoms with van der Waals surface area (Å²) in [5, 5.41) is 2.62. The second kappa shape index (κ2) is 7.92. The minimum atomic E-state index is -4.06. The van der Waals surface area contributed by atoms with Gasteiger partial charge in [0.15, 0.2) is 0 Å². The van der Waals surface area contributed by atoms with Crippen LogP contribution in [-0.4, -0.2) is 19.9 Å². The van der Waals surface area contributed by atoms with Crippen molar-refractivity contribution in [3.8, 4) is 11.3 Å². The highest BCUT2D eigenvalue weighted by Crippen LogP contribution is 2.28. The Bertz CT molecular complexity index is 1200. The largest absolute Gasteiger partial charge is 0.461 e. The molecule has 0 aliphatic rings. The molecule has 30 heavy (non-hydrogen) atoms. The molecular formula is C21H22FN3O4S. The van der Waals surface area contributed by atoms with E-state index in [1.165, 1.54) is 24.3 Å². The molecule has 0 unspecified atom stereocenters. The molecule has 0 fully saturated rings. The normalized spacial score (nSPS) is 11.9. The maximum absolute atomic E-state index is 14.5. The molecule has 2 aromatic carbocycles. The topological polar surface area (TPSA) is 114 Å². The van der Waals surface area contributed by atoms with Crippen LogP contribution in [0.25, 0.3) is 11.3 Å². The lowest BCUT2D eigenvalue weighted by molar-refractivity contribution is -0.120. The lowest BCUT2D eigenvalue weighted by Gasteiger charge is -2.18. The highest BCUT2D eigenvalue weighted by Gasteiger charge is 2.22. The van der Waals surface area contributed by atoms with Gasteiger partial charge in [0, 0.05) is 5.69 Å². The molecule has 0 aliphatic heterocycles. The highest BCUT2D eigenvalue weighted by molar-refractivity contribution is 7.92. The van der Waals surface area contributed by atoms with E-state index in [-0.39, 0.29) is 16.1 Å². The van der Waals surface area contributed by atoms with Crippen LogP contribution < -0.4 is 15.8 Å². The molecule has 0 spiro atoms. The van der Waals surface area contributed by atoms with Gasteiger partial charge in [0.05, 0.1) is 21.7 Å². The van der Waals surface area contributed by atoms with Crippen LogP contribution in [0, 0.1) is 12.7 Å². The average Bonchev–Trinajstić information content (AvgIpc) is 3.07. The average molecular weight is 431 g/mol. The van der Waals surface area contributed by atoms with Gasteiger partial charge >= 0.3 is 0 Å². The Morgan fingerprint density at radius 1 is 1.07 bits per heavy atom. The molecule has 3 rings (SSSR count). The van der Waals surface area contributed by atoms with Gasteiger partial charge in [-0.2, -0.15) is 0 Å². The van der Waals surface area contributed by atoms with Crippen LogP contribution in [0.1, 0.15) is 19.6 Å². The summed E-state index contributed by atoms with van der Waals surface area (Å²) in [5.74, 6) is -0.215. The molecule has 0 atom stereocenters. The number of amides is 1. The van der Waals surface area contributed by atoms with Crippen LogP contribution >= 0.6 is 0 Å². The standard InChI is InChI=1S/C21H22FN3O4S/c1-13-7-10-19(29-13)17-9-8-16(12-18(17)22)30(27,28)25-15-6-4-5-14(11-15)24-20(26)21(2,3)23/h4-12,25H,23H2,1-3H3,(H,24,26). The van der Waals surface area contributed by atoms with Gasteiger partial charge in [-0.25, -0.2) is 12.8 Å². The van der Waals surface area contributed by atoms with Crippen LogP contribution in [-0.2, 0) is 14.8 Å². The van der Waals surface area contributed by atoms with E-state index in [0.29, 0.717) is 17.2 Å². The van der Waals surface area contributed by atoms with Crippen molar-refractivity contribution < 1.29 is 22.0 Å². The quantitative estimate of drug-likeness (QED) is 0.548. The van der Waals surface area contributed by atoms with Crippen LogP contribution in [0.3, 0.4) is 0 Å². The van der Waals surface area contributed by atoms with Gasteiger partial charge in [-0.3, -0.25) is 9.52 Å². The first kappa shape index (κ1) is 21.5. The fourth-order valence-electron chi connectivity index (χ4n) is 2.61. The van der Waals surface area contributed by atoms with Crippen molar-refractivity contribution in [3.05, 3.63) is 66.2 Å². The molecule has 0 saturated heterocycles. The fourth-order valence-corrected chi connectivity index (χ4v) is 3.67. The van der Waals surface area contributed by atoms with E-state index in [0.717, 1.165) is 6.07 Å². The summed E-state index contributed by atoms with van der Waals surface area (Å²) in [5.41, 5.74) is 5.39. The third kappa shape index (κ3) is 4.87. The van der Waals surface area contributed by atoms with Crippen molar-refractivity contribution in [1.29, 1.82) is 0 Å². The first-order valence-electron chi connectivity index (χ1n) is 9.05. The Hall–Kier alpha value is -3.17. The van der Waals surface area contributed by atoms with Gasteiger partial charge in [-0.1, -0.05) is 6.07 Å². The third-order valence-corrected chi connectivity index (χ3v) is 5.59. The predicted molar refractivity (Wildman–Crippen MR) is 113 cm³/mol. The molecule has 4 N–H and O–H groups in total. The molecular weight excluding hydrogens is 409 g/mol. The smallest absolute Gasteiger partial charge is 0.261 e. The van der Waals surface area contributed by atoms with E-state index in [2.05, 4.69) is 10.0 Å². The Kier molecular flexibility index (Phi) is 5.69. The second-order valence-corrected chi connectivity index (χ2v) is 9.10. The number of nitrogens with one attached hydrogen (secondary N) is 2. The molecule has 1 aromatic heterocycles. The Morgan fingerprint density at radius 3 is 2.37 bits per heavy atom. The van der Waals surface area contributed by atoms with Gasteiger partial charge in [-0.05, 0) is 69.3 Å². The summed E-state index contributed by atoms with van der Waals surface area (Å²) < 4.78 is 47.7. The van der Waals surface area contributed by atoms with E-state index in [9.17, 15) is 17.6 Å². The van der Waals surface area contributed by atoms with E-state index in [1.807, 2.05) is 0 Å². The second-order valence-electron chi connectivity index (χ2n) is 7.41. The van der Waals surface area contributed by atoms with Crippen LogP contribution in [0.5, 0.6) is 0 Å². The molecule has 9 heteroatoms. The first-order chi connectivity index (χ1) is 14.0. The number of hydrogen-bond acceptors (Lipinski definition) is 5. The minimum Gasteiger partial charge on any atom is -0.461 e. The molecule has 1 heterocycles. The number of rotatable bonds is 6. The summed E-state index contributed by atoms with van der Waals surface area (Å²) in [6, 6.07) is 13.0. The van der Waals surface area contributed by atoms with Crippen molar-refractivity contribution >= 4 is 27.3 Å². The van der Waals surface area contributed by atoms with Crippen molar-refractivity contribution in [2.75, 3.05) is 10.0 Å². The number of aryl methyl sites for hydroxylation is 1. The molecule has 1 amide bonds. The van der Waals surface area contributed by atoms with Gasteiger partial charge in [0.1, 0.15) is 17.3 Å². The van der Waals surface area contributed by atoms with Gasteiger partial charge in [-0.15, -0.1) is 0 Å². The number of benzene rings is 2. The number of halogens is 1. The molecule has 7 nitrogen and oxygen atoms in total. The lowest BCUT2D eigenvalue weighted by atomic mass is 10.1. The molecule has 3 aromatic rings. The molecule has 0 saturated carbocycles. The fraction of sp³-hybridized carbons (Fsp3) is 0.190. The zero-order valence-corrected chi connectivity index (χ0v) is 17.5. The Morgan fingerprint density at radius 2 is 1.77 bits per heavy atom. The van der Waals surface area contributed by atoms with Crippen molar-refractivity contribution in [3.63, 3.8) is 0 Å². The number of hydrogen-bond donors (Lipinski definition) is 3. The number of sulfonamides is 1. The SMILES string of the molecule is Cc1ccc(-c2ccc(S(=O)(=O)Nc3cccc(NC(=O)C(C)(C)N)c3)cc2F)o1. The van der Waals surface area contributed by atoms with E-state index in [1.54, 1.807) is 45.0 Å². The molecule has 158 valence electrons. The van der Waals surface area contributed by atoms with Crippen LogP contribution in [0.15, 0.2) is 63.9 Å². The monoisotopic (exact) mass is 431 g/mol. The number of furan rings is 1. The molecule has 0 aliphatic carbocycles. The van der Waals surface area contributed by atoms with Crippen molar-refractivity contribution in [2.24, 2.45) is 5.73 Å². The van der Waals surface area contributed by atoms with Crippen molar-refractivity contribution in [1.82, 2.24) is 0 Å². The maximum Gasteiger partial charge on any atom is 0.261 e. The molecule has 0 radical (unpaired) electrons. The molecule has 0 bridgehead atoms. The van der Waals surface area contributed by atoms with Crippen LogP contribution in [0.2, 0.25) is 0 Å². The number of carbonyl (C=O) groups excluding carboxylic acids is 1. The lowest BCUT2D eigenvalue weighted by Crippen LogP contribution is -2.45. The summed E-state index contributed by atoms with van der Waals surface area (Å²) in [7, 11) is -4.06. The van der Waals surface area contributed by atoms with Crippen molar-refractivity contribution in [2.45, 2.75) is 31.2 Å². The van der Waals surface area contributed by atoms with Gasteiger partial charge < -0.3 is 15.5 Å². The first-order valence-corrected chi connectivity index (χ1v) is 10.5. The Balaban J connectivity index is 1.82. The predicted octanol–water partition coefficient (Wildman–Crippen LogP) is 3.87. The minimum absolute atomic E-state index is 0.163. The van der Waals surface area contributed by atoms with Gasteiger partial charge in [0.2, 0.25) is 5.91 Å². The Labute approximate surface area is 174 Å². The maximum atomic E-state index is 14.5. The van der Waals surface area contributed by atoms with Crippen LogP contribution in [0.4, 0.5) is 15.8 Å². The summed E-state index contributed by atoms with van der Waals surface area (Å²) in [6.07, 6.45) is 0. The van der Waals surface area contributed by atoms with E-state index >= 15 is 0 Å². The summed E-state index contributed by atoms with van der Waals surface area (Å²) in [6.45, 7) is 4.84. The summed E-state index contributed by atoms with van der Waals surface area (Å²) >= 11 is 0. The highest BCUT2D eigenvalue weighted by atomic mass is 32.2. The zero-order valence-electron chi connectivity index (χ0n) is 16.7. The summed E-state index contributed by atoms with van der Waals surface area (Å²) in [4.78, 5) is 11.8. The van der Waals surface area contributed by atoms with E-state index < -0.39 is 27.3 Å².